The fraction of sp³-hybridized carbons (Fsp3) is 0.250. The summed E-state index contributed by atoms with van der Waals surface area (Å²) in [5.41, 5.74) is 1.31. The van der Waals surface area contributed by atoms with E-state index in [4.69, 9.17) is 4.84 Å². The van der Waals surface area contributed by atoms with Crippen LogP contribution in [-0.4, -0.2) is 45.2 Å². The highest BCUT2D eigenvalue weighted by atomic mass is 16.7. The third kappa shape index (κ3) is 1.54. The maximum Gasteiger partial charge on any atom is 0.310 e. The Morgan fingerprint density at radius 2 is 2.50 bits per heavy atom. The van der Waals surface area contributed by atoms with Crippen LogP contribution in [0.4, 0.5) is 0 Å². The highest BCUT2D eigenvalue weighted by Crippen LogP contribution is 2.03. The van der Waals surface area contributed by atoms with Crippen LogP contribution in [-0.2, 0) is 0 Å². The molecule has 2 rings (SSSR count). The first-order chi connectivity index (χ1) is 6.77. The molecule has 0 spiro atoms. The van der Waals surface area contributed by atoms with E-state index in [-0.39, 0.29) is 0 Å². The summed E-state index contributed by atoms with van der Waals surface area (Å²) in [7, 11) is 1.80. The molecule has 0 amide bonds. The number of rotatable bonds is 3. The second-order valence-electron chi connectivity index (χ2n) is 2.92. The third-order valence-electron chi connectivity index (χ3n) is 1.58. The van der Waals surface area contributed by atoms with Crippen LogP contribution in [0.5, 0.6) is 0 Å². The Bertz CT molecular complexity index is 463. The van der Waals surface area contributed by atoms with Crippen molar-refractivity contribution in [3.63, 3.8) is 0 Å². The van der Waals surface area contributed by atoms with Gasteiger partial charge < -0.3 is 4.84 Å². The van der Waals surface area contributed by atoms with Gasteiger partial charge in [-0.1, -0.05) is 4.85 Å². The quantitative estimate of drug-likeness (QED) is 0.375. The summed E-state index contributed by atoms with van der Waals surface area (Å²) in [6, 6.07) is 3.62. The Balaban J connectivity index is 2.29. The van der Waals surface area contributed by atoms with Gasteiger partial charge in [0.2, 0.25) is 5.65 Å². The lowest BCUT2D eigenvalue weighted by Crippen LogP contribution is -2.21. The van der Waals surface area contributed by atoms with Gasteiger partial charge in [0.1, 0.15) is 19.3 Å². The topological polar surface area (TPSA) is 55.8 Å². The second kappa shape index (κ2) is 3.41. The largest absolute Gasteiger partial charge is 0.328 e. The minimum Gasteiger partial charge on any atom is -0.328 e. The molecule has 0 aliphatic carbocycles. The number of hydrogen-bond acceptors (Lipinski definition) is 4. The van der Waals surface area contributed by atoms with Gasteiger partial charge in [0, 0.05) is 6.20 Å². The smallest absolute Gasteiger partial charge is 0.310 e. The van der Waals surface area contributed by atoms with Crippen molar-refractivity contribution in [2.24, 2.45) is 0 Å². The molecule has 2 heterocycles. The Morgan fingerprint density at radius 3 is 3.29 bits per heavy atom. The molecule has 0 aliphatic heterocycles. The molecule has 72 valence electrons. The fourth-order valence-corrected chi connectivity index (χ4v) is 0.985. The summed E-state index contributed by atoms with van der Waals surface area (Å²) in [6.45, 7) is 3.97. The van der Waals surface area contributed by atoms with E-state index < -0.39 is 0 Å². The molecule has 6 heteroatoms. The van der Waals surface area contributed by atoms with Crippen LogP contribution < -0.4 is 4.84 Å². The van der Waals surface area contributed by atoms with Gasteiger partial charge in [-0.3, -0.25) is 0 Å². The summed E-state index contributed by atoms with van der Waals surface area (Å²) in [6.07, 6.45) is 1.67. The molecule has 2 aromatic heterocycles. The Labute approximate surface area is 80.4 Å². The van der Waals surface area contributed by atoms with Crippen LogP contribution >= 0.6 is 0 Å². The van der Waals surface area contributed by atoms with Crippen molar-refractivity contribution in [2.45, 2.75) is 0 Å². The van der Waals surface area contributed by atoms with Crippen molar-refractivity contribution >= 4 is 17.9 Å². The summed E-state index contributed by atoms with van der Waals surface area (Å²) < 4.78 is 1.64. The first kappa shape index (κ1) is 8.61. The van der Waals surface area contributed by atoms with Gasteiger partial charge in [-0.2, -0.15) is 0 Å². The van der Waals surface area contributed by atoms with E-state index in [0.29, 0.717) is 17.9 Å². The van der Waals surface area contributed by atoms with Crippen molar-refractivity contribution in [2.75, 3.05) is 13.8 Å². The highest BCUT2D eigenvalue weighted by Gasteiger charge is 2.05. The fourth-order valence-electron chi connectivity index (χ4n) is 0.985. The average Bonchev–Trinajstić information content (AvgIpc) is 2.58. The molecule has 0 bridgehead atoms. The van der Waals surface area contributed by atoms with Gasteiger partial charge in [-0.05, 0) is 17.3 Å². The van der Waals surface area contributed by atoms with E-state index in [2.05, 4.69) is 22.0 Å². The SMILES string of the molecule is C=[N+](C)COn1nnc2cccnc21. The molecule has 0 atom stereocenters. The van der Waals surface area contributed by atoms with Crippen LogP contribution in [0.1, 0.15) is 0 Å². The number of aromatic nitrogens is 4. The zero-order valence-electron chi connectivity index (χ0n) is 7.79. The van der Waals surface area contributed by atoms with E-state index in [1.807, 2.05) is 6.07 Å². The zero-order chi connectivity index (χ0) is 9.97. The van der Waals surface area contributed by atoms with E-state index in [1.165, 1.54) is 4.85 Å². The van der Waals surface area contributed by atoms with Gasteiger partial charge in [-0.15, -0.1) is 5.10 Å². The summed E-state index contributed by atoms with van der Waals surface area (Å²) in [5.74, 6) is 0. The molecule has 0 N–H and O–H groups in total. The van der Waals surface area contributed by atoms with Gasteiger partial charge in [-0.25, -0.2) is 9.56 Å². The van der Waals surface area contributed by atoms with Crippen LogP contribution in [0.2, 0.25) is 0 Å². The van der Waals surface area contributed by atoms with Crippen molar-refractivity contribution in [1.29, 1.82) is 0 Å². The summed E-state index contributed by atoms with van der Waals surface area (Å²) in [5, 5.41) is 7.68. The lowest BCUT2D eigenvalue weighted by molar-refractivity contribution is -0.532. The van der Waals surface area contributed by atoms with Crippen LogP contribution in [0, 0.1) is 0 Å². The lowest BCUT2D eigenvalue weighted by Gasteiger charge is -1.99. The molecule has 0 saturated heterocycles. The van der Waals surface area contributed by atoms with Crippen molar-refractivity contribution in [1.82, 2.24) is 20.1 Å². The predicted molar refractivity (Wildman–Crippen MR) is 50.1 cm³/mol. The minimum atomic E-state index is 0.328. The molecule has 0 fully saturated rings. The molecule has 0 unspecified atom stereocenters. The minimum absolute atomic E-state index is 0.328. The summed E-state index contributed by atoms with van der Waals surface area (Å²) >= 11 is 0. The van der Waals surface area contributed by atoms with Gasteiger partial charge in [0.15, 0.2) is 0 Å². The Morgan fingerprint density at radius 1 is 1.64 bits per heavy atom. The molecule has 6 nitrogen and oxygen atoms in total. The standard InChI is InChI=1S/C8H10N5O/c1-12(2)6-14-13-8-7(10-11-13)4-3-5-9-8/h3-5H,1,6H2,2H3/q+1. The van der Waals surface area contributed by atoms with Gasteiger partial charge in [0.05, 0.1) is 0 Å². The third-order valence-corrected chi connectivity index (χ3v) is 1.58. The predicted octanol–water partition coefficient (Wildman–Crippen LogP) is -0.445. The zero-order valence-corrected chi connectivity index (χ0v) is 7.79. The first-order valence-electron chi connectivity index (χ1n) is 4.09. The molecular formula is C8H10N5O+. The first-order valence-corrected chi connectivity index (χ1v) is 4.09. The number of pyridine rings is 1. The number of nitrogens with zero attached hydrogens (tertiary/aromatic N) is 5. The molecule has 0 aliphatic rings. The van der Waals surface area contributed by atoms with Crippen molar-refractivity contribution in [3.05, 3.63) is 18.3 Å². The van der Waals surface area contributed by atoms with Gasteiger partial charge in [0.25, 0.3) is 0 Å². The molecule has 0 saturated carbocycles. The van der Waals surface area contributed by atoms with Crippen LogP contribution in [0.3, 0.4) is 0 Å². The van der Waals surface area contributed by atoms with Crippen molar-refractivity contribution < 1.29 is 9.41 Å². The second-order valence-corrected chi connectivity index (χ2v) is 2.92. The van der Waals surface area contributed by atoms with Crippen molar-refractivity contribution in [3.8, 4) is 0 Å². The highest BCUT2D eigenvalue weighted by molar-refractivity contribution is 5.68. The molecule has 0 radical (unpaired) electrons. The van der Waals surface area contributed by atoms with Gasteiger partial charge >= 0.3 is 6.73 Å². The monoisotopic (exact) mass is 192 g/mol. The van der Waals surface area contributed by atoms with E-state index in [0.717, 1.165) is 0 Å². The van der Waals surface area contributed by atoms with Crippen LogP contribution in [0.25, 0.3) is 11.2 Å². The van der Waals surface area contributed by atoms with E-state index >= 15 is 0 Å². The lowest BCUT2D eigenvalue weighted by atomic mass is 10.4. The van der Waals surface area contributed by atoms with E-state index in [1.54, 1.807) is 23.9 Å². The average molecular weight is 192 g/mol. The summed E-state index contributed by atoms with van der Waals surface area (Å²) in [4.78, 5) is 10.6. The Hall–Kier alpha value is -1.98. The molecular weight excluding hydrogens is 182 g/mol. The van der Waals surface area contributed by atoms with Crippen LogP contribution in [0.15, 0.2) is 18.3 Å². The molecule has 2 aromatic rings. The maximum atomic E-state index is 5.26. The Kier molecular flexibility index (Phi) is 2.10. The van der Waals surface area contributed by atoms with E-state index in [9.17, 15) is 0 Å². The molecule has 14 heavy (non-hydrogen) atoms. The number of fused-ring (bicyclic) bond motifs is 1. The maximum absolute atomic E-state index is 5.26. The normalized spacial score (nSPS) is 10.4. The molecule has 0 aromatic carbocycles. The number of hydrogen-bond donors (Lipinski definition) is 0.